The zero-order chi connectivity index (χ0) is 41.4. The molecular weight excluding hydrogens is 821 g/mol. The van der Waals surface area contributed by atoms with Crippen LogP contribution < -0.4 is 0 Å². The van der Waals surface area contributed by atoms with Crippen molar-refractivity contribution in [3.05, 3.63) is 223 Å². The molecule has 0 saturated carbocycles. The van der Waals surface area contributed by atoms with Crippen LogP contribution >= 0.6 is 34.0 Å². The van der Waals surface area contributed by atoms with Gasteiger partial charge in [-0.15, -0.1) is 34.0 Å². The monoisotopic (exact) mass is 856 g/mol. The van der Waals surface area contributed by atoms with Crippen molar-refractivity contribution in [2.24, 2.45) is 0 Å². The molecule has 0 amide bonds. The van der Waals surface area contributed by atoms with Gasteiger partial charge in [-0.1, -0.05) is 140 Å². The molecule has 5 heteroatoms. The highest BCUT2D eigenvalue weighted by Crippen LogP contribution is 2.50. The summed E-state index contributed by atoms with van der Waals surface area (Å²) in [4.78, 5) is 10.8. The van der Waals surface area contributed by atoms with E-state index in [9.17, 15) is 0 Å². The van der Waals surface area contributed by atoms with Crippen molar-refractivity contribution in [2.45, 2.75) is 12.3 Å². The number of hydrogen-bond acceptors (Lipinski definition) is 5. The molecule has 1 unspecified atom stereocenters. The summed E-state index contributed by atoms with van der Waals surface area (Å²) in [5.74, 6) is 0.823. The van der Waals surface area contributed by atoms with E-state index in [0.717, 1.165) is 34.5 Å². The lowest BCUT2D eigenvalue weighted by atomic mass is 9.75. The summed E-state index contributed by atoms with van der Waals surface area (Å²) in [6, 6.07) is 71.1. The van der Waals surface area contributed by atoms with Gasteiger partial charge in [-0.05, 0) is 94.9 Å². The lowest BCUT2D eigenvalue weighted by Gasteiger charge is -2.29. The van der Waals surface area contributed by atoms with Crippen LogP contribution in [0.2, 0.25) is 0 Å². The first-order valence-electron chi connectivity index (χ1n) is 21.4. The summed E-state index contributed by atoms with van der Waals surface area (Å²) >= 11 is 5.61. The van der Waals surface area contributed by atoms with Gasteiger partial charge in [-0.3, -0.25) is 0 Å². The maximum atomic E-state index is 5.57. The van der Waals surface area contributed by atoms with Crippen molar-refractivity contribution < 1.29 is 0 Å². The van der Waals surface area contributed by atoms with Crippen molar-refractivity contribution in [3.63, 3.8) is 0 Å². The number of thiophene rings is 3. The topological polar surface area (TPSA) is 25.8 Å². The Balaban J connectivity index is 1.12. The molecule has 4 aromatic heterocycles. The molecule has 0 fully saturated rings. The third-order valence-electron chi connectivity index (χ3n) is 12.7. The van der Waals surface area contributed by atoms with Gasteiger partial charge in [0.15, 0.2) is 5.82 Å². The zero-order valence-corrected chi connectivity index (χ0v) is 36.4. The summed E-state index contributed by atoms with van der Waals surface area (Å²) in [5.41, 5.74) is 11.3. The highest BCUT2D eigenvalue weighted by molar-refractivity contribution is 7.26. The molecule has 12 aromatic rings. The van der Waals surface area contributed by atoms with Crippen LogP contribution in [0.1, 0.15) is 34.7 Å². The van der Waals surface area contributed by atoms with E-state index in [4.69, 9.17) is 9.97 Å². The summed E-state index contributed by atoms with van der Waals surface area (Å²) in [5, 5.41) is 7.82. The minimum absolute atomic E-state index is 0.107. The van der Waals surface area contributed by atoms with E-state index in [2.05, 4.69) is 200 Å². The molecule has 0 N–H and O–H groups in total. The number of allylic oxidation sites excluding steroid dienone is 4. The quantitative estimate of drug-likeness (QED) is 0.166. The second-order valence-corrected chi connectivity index (χ2v) is 19.7. The molecule has 0 bridgehead atoms. The number of benzene rings is 8. The SMILES string of the molecule is C1=C(c2ccc3sc4ccccc4c3c2)C(c2cc(-c3ccccc3)nc(-c3ccccc3)n2)=C(c2ccc3sc4ccccc4c3c2)CC1c1ccc2sc3ccccc3c2c1. The first-order valence-corrected chi connectivity index (χ1v) is 23.8. The Kier molecular flexibility index (Phi) is 8.61. The Bertz CT molecular complexity index is 3770. The van der Waals surface area contributed by atoms with E-state index < -0.39 is 0 Å². The van der Waals surface area contributed by atoms with Crippen molar-refractivity contribution in [3.8, 4) is 22.6 Å². The van der Waals surface area contributed by atoms with Gasteiger partial charge < -0.3 is 0 Å². The third-order valence-corrected chi connectivity index (χ3v) is 16.1. The maximum absolute atomic E-state index is 5.57. The molecule has 0 saturated heterocycles. The molecule has 0 radical (unpaired) electrons. The molecule has 13 rings (SSSR count). The second-order valence-electron chi connectivity index (χ2n) is 16.4. The molecule has 8 aromatic carbocycles. The Morgan fingerprint density at radius 3 is 1.46 bits per heavy atom. The summed E-state index contributed by atoms with van der Waals surface area (Å²) in [6.07, 6.45) is 3.37. The molecule has 1 aliphatic rings. The van der Waals surface area contributed by atoms with E-state index in [0.29, 0.717) is 5.82 Å². The van der Waals surface area contributed by atoms with Crippen LogP contribution in [0.3, 0.4) is 0 Å². The lowest BCUT2D eigenvalue weighted by molar-refractivity contribution is 0.874. The fraction of sp³-hybridized carbons (Fsp3) is 0.0345. The van der Waals surface area contributed by atoms with E-state index >= 15 is 0 Å². The smallest absolute Gasteiger partial charge is 0.160 e. The van der Waals surface area contributed by atoms with Crippen LogP contribution in [0.5, 0.6) is 0 Å². The van der Waals surface area contributed by atoms with Crippen molar-refractivity contribution in [1.82, 2.24) is 9.97 Å². The number of rotatable bonds is 6. The van der Waals surface area contributed by atoms with Gasteiger partial charge in [0, 0.05) is 83.1 Å². The first-order chi connectivity index (χ1) is 31.2. The largest absolute Gasteiger partial charge is 0.228 e. The number of hydrogen-bond donors (Lipinski definition) is 0. The van der Waals surface area contributed by atoms with E-state index in [-0.39, 0.29) is 5.92 Å². The third kappa shape index (κ3) is 6.26. The van der Waals surface area contributed by atoms with Crippen molar-refractivity contribution in [1.29, 1.82) is 0 Å². The minimum atomic E-state index is 0.107. The molecule has 0 aliphatic heterocycles. The number of fused-ring (bicyclic) bond motifs is 9. The Morgan fingerprint density at radius 2 is 0.841 bits per heavy atom. The van der Waals surface area contributed by atoms with Crippen LogP contribution in [0.15, 0.2) is 200 Å². The average molecular weight is 857 g/mol. The molecular formula is C58H36N2S3. The van der Waals surface area contributed by atoms with Crippen LogP contribution in [0, 0.1) is 0 Å². The number of nitrogens with zero attached hydrogens (tertiary/aromatic N) is 2. The van der Waals surface area contributed by atoms with E-state index in [1.165, 1.54) is 88.4 Å². The second kappa shape index (κ2) is 14.8. The first kappa shape index (κ1) is 36.6. The van der Waals surface area contributed by atoms with Gasteiger partial charge >= 0.3 is 0 Å². The Morgan fingerprint density at radius 1 is 0.365 bits per heavy atom. The van der Waals surface area contributed by atoms with Crippen LogP contribution in [0.25, 0.3) is 99.9 Å². The molecule has 1 atom stereocenters. The highest BCUT2D eigenvalue weighted by atomic mass is 32.1. The van der Waals surface area contributed by atoms with Crippen LogP contribution in [0.4, 0.5) is 0 Å². The number of aromatic nitrogens is 2. The summed E-state index contributed by atoms with van der Waals surface area (Å²) in [7, 11) is 0. The van der Waals surface area contributed by atoms with E-state index in [1.54, 1.807) is 0 Å². The minimum Gasteiger partial charge on any atom is -0.228 e. The van der Waals surface area contributed by atoms with Gasteiger partial charge in [-0.25, -0.2) is 9.97 Å². The summed E-state index contributed by atoms with van der Waals surface area (Å²) < 4.78 is 7.86. The standard InChI is InChI=1S/C58H36N2S3/c1-3-13-35(14-4-1)49-34-50(60-58(59-49)36-15-5-2-6-16-36)57-44(38-24-27-55-47(30-38)42-18-8-11-21-52(42)62-55)32-40(37-23-26-54-46(29-37)41-17-7-10-20-51(41)61-54)33-45(57)39-25-28-56-48(31-39)43-19-9-12-22-53(43)63-56/h1-32,34,40H,33H2. The molecule has 1 aliphatic carbocycles. The normalized spacial score (nSPS) is 14.5. The van der Waals surface area contributed by atoms with Crippen LogP contribution in [-0.2, 0) is 0 Å². The van der Waals surface area contributed by atoms with Crippen LogP contribution in [-0.4, -0.2) is 9.97 Å². The van der Waals surface area contributed by atoms with Crippen molar-refractivity contribution >= 4 is 111 Å². The molecule has 4 heterocycles. The Labute approximate surface area is 376 Å². The van der Waals surface area contributed by atoms with Gasteiger partial charge in [0.1, 0.15) is 0 Å². The highest BCUT2D eigenvalue weighted by Gasteiger charge is 2.29. The van der Waals surface area contributed by atoms with Gasteiger partial charge in [0.25, 0.3) is 0 Å². The van der Waals surface area contributed by atoms with Crippen molar-refractivity contribution in [2.75, 3.05) is 0 Å². The lowest BCUT2D eigenvalue weighted by Crippen LogP contribution is -2.10. The predicted octanol–water partition coefficient (Wildman–Crippen LogP) is 17.1. The average Bonchev–Trinajstić information content (AvgIpc) is 4.04. The maximum Gasteiger partial charge on any atom is 0.160 e. The fourth-order valence-electron chi connectivity index (χ4n) is 9.67. The molecule has 296 valence electrons. The zero-order valence-electron chi connectivity index (χ0n) is 34.0. The van der Waals surface area contributed by atoms with E-state index in [1.807, 2.05) is 34.0 Å². The van der Waals surface area contributed by atoms with Gasteiger partial charge in [0.2, 0.25) is 0 Å². The Hall–Kier alpha value is -7.02. The van der Waals surface area contributed by atoms with Gasteiger partial charge in [-0.2, -0.15) is 0 Å². The summed E-state index contributed by atoms with van der Waals surface area (Å²) in [6.45, 7) is 0. The molecule has 63 heavy (non-hydrogen) atoms. The molecule has 0 spiro atoms. The fourth-order valence-corrected chi connectivity index (χ4v) is 12.9. The van der Waals surface area contributed by atoms with Gasteiger partial charge in [0.05, 0.1) is 11.4 Å². The molecule has 2 nitrogen and oxygen atoms in total. The predicted molar refractivity (Wildman–Crippen MR) is 273 cm³/mol.